The summed E-state index contributed by atoms with van der Waals surface area (Å²) in [4.78, 5) is 14.0. The van der Waals surface area contributed by atoms with Gasteiger partial charge in [-0.3, -0.25) is 0 Å². The Hall–Kier alpha value is -1.75. The van der Waals surface area contributed by atoms with Crippen LogP contribution in [-0.4, -0.2) is 44.7 Å². The lowest BCUT2D eigenvalue weighted by atomic mass is 10.1. The zero-order chi connectivity index (χ0) is 15.0. The van der Waals surface area contributed by atoms with Gasteiger partial charge >= 0.3 is 5.97 Å². The van der Waals surface area contributed by atoms with Gasteiger partial charge in [0.1, 0.15) is 0 Å². The zero-order valence-corrected chi connectivity index (χ0v) is 12.6. The monoisotopic (exact) mass is 279 g/mol. The second-order valence-corrected chi connectivity index (χ2v) is 4.96. The van der Waals surface area contributed by atoms with Gasteiger partial charge in [0.15, 0.2) is 0 Å². The summed E-state index contributed by atoms with van der Waals surface area (Å²) in [5.41, 5.74) is 7.57. The molecule has 0 amide bonds. The topological polar surface area (TPSA) is 67.6 Å². The van der Waals surface area contributed by atoms with Crippen molar-refractivity contribution in [2.24, 2.45) is 0 Å². The van der Waals surface area contributed by atoms with Gasteiger partial charge in [0.25, 0.3) is 0 Å². The molecule has 0 radical (unpaired) electrons. The maximum atomic E-state index is 11.9. The van der Waals surface area contributed by atoms with Crippen LogP contribution < -0.4 is 11.1 Å². The molecule has 1 aromatic carbocycles. The highest BCUT2D eigenvalue weighted by molar-refractivity contribution is 5.96. The normalized spacial score (nSPS) is 10.6. The number of hydrogen-bond donors (Lipinski definition) is 2. The number of nitrogens with zero attached hydrogens (tertiary/aromatic N) is 1. The number of unbranched alkanes of at least 4 members (excludes halogenated alkanes) is 1. The van der Waals surface area contributed by atoms with Crippen molar-refractivity contribution in [2.75, 3.05) is 44.8 Å². The molecule has 0 aromatic heterocycles. The summed E-state index contributed by atoms with van der Waals surface area (Å²) < 4.78 is 5.04. The number of nitrogens with two attached hydrogens (primary N) is 1. The van der Waals surface area contributed by atoms with E-state index in [4.69, 9.17) is 10.5 Å². The summed E-state index contributed by atoms with van der Waals surface area (Å²) in [5, 5.41) is 3.28. The fourth-order valence-electron chi connectivity index (χ4n) is 1.87. The van der Waals surface area contributed by atoms with E-state index in [1.54, 1.807) is 19.1 Å². The highest BCUT2D eigenvalue weighted by Crippen LogP contribution is 2.20. The quantitative estimate of drug-likeness (QED) is 0.434. The van der Waals surface area contributed by atoms with Crippen LogP contribution in [0, 0.1) is 0 Å². The van der Waals surface area contributed by atoms with Crippen LogP contribution in [0.4, 0.5) is 11.4 Å². The highest BCUT2D eigenvalue weighted by atomic mass is 16.5. The summed E-state index contributed by atoms with van der Waals surface area (Å²) in [5.74, 6) is -0.337. The highest BCUT2D eigenvalue weighted by Gasteiger charge is 2.12. The van der Waals surface area contributed by atoms with E-state index in [1.165, 1.54) is 0 Å². The minimum Gasteiger partial charge on any atom is -0.462 e. The maximum absolute atomic E-state index is 11.9. The molecule has 0 heterocycles. The minimum atomic E-state index is -0.337. The van der Waals surface area contributed by atoms with Gasteiger partial charge in [-0.1, -0.05) is 0 Å². The van der Waals surface area contributed by atoms with Crippen LogP contribution in [0.1, 0.15) is 30.1 Å². The third-order valence-electron chi connectivity index (χ3n) is 2.89. The molecule has 112 valence electrons. The van der Waals surface area contributed by atoms with Crippen molar-refractivity contribution in [1.82, 2.24) is 4.90 Å². The predicted octanol–water partition coefficient (Wildman–Crippen LogP) is 2.20. The first-order valence-corrected chi connectivity index (χ1v) is 6.99. The lowest BCUT2D eigenvalue weighted by molar-refractivity contribution is 0.0527. The molecule has 0 atom stereocenters. The smallest absolute Gasteiger partial charge is 0.340 e. The van der Waals surface area contributed by atoms with E-state index in [0.29, 0.717) is 17.9 Å². The van der Waals surface area contributed by atoms with Gasteiger partial charge in [-0.05, 0) is 58.6 Å². The molecule has 0 aliphatic carbocycles. The molecule has 0 saturated carbocycles. The minimum absolute atomic E-state index is 0.337. The first-order chi connectivity index (χ1) is 9.54. The number of benzene rings is 1. The summed E-state index contributed by atoms with van der Waals surface area (Å²) in [6.07, 6.45) is 2.16. The molecular formula is C15H25N3O2. The van der Waals surface area contributed by atoms with Gasteiger partial charge in [-0.2, -0.15) is 0 Å². The number of ether oxygens (including phenoxy) is 1. The van der Waals surface area contributed by atoms with E-state index in [2.05, 4.69) is 24.3 Å². The Bertz CT molecular complexity index is 433. The Labute approximate surface area is 121 Å². The fourth-order valence-corrected chi connectivity index (χ4v) is 1.87. The van der Waals surface area contributed by atoms with E-state index in [0.717, 1.165) is 31.6 Å². The number of carbonyl (C=O) groups excluding carboxylic acids is 1. The van der Waals surface area contributed by atoms with Crippen LogP contribution in [0.2, 0.25) is 0 Å². The Balaban J connectivity index is 2.58. The largest absolute Gasteiger partial charge is 0.462 e. The molecule has 0 fully saturated rings. The molecular weight excluding hydrogens is 254 g/mol. The summed E-state index contributed by atoms with van der Waals surface area (Å²) in [6, 6.07) is 5.26. The van der Waals surface area contributed by atoms with E-state index in [9.17, 15) is 4.79 Å². The lowest BCUT2D eigenvalue weighted by Gasteiger charge is -2.13. The van der Waals surface area contributed by atoms with E-state index < -0.39 is 0 Å². The standard InChI is InChI=1S/C15H25N3O2/c1-4-20-15(19)13-11-12(16)7-8-14(13)17-9-5-6-10-18(2)3/h7-8,11,17H,4-6,9-10,16H2,1-3H3. The number of esters is 1. The van der Waals surface area contributed by atoms with Crippen molar-refractivity contribution < 1.29 is 9.53 Å². The average molecular weight is 279 g/mol. The second kappa shape index (κ2) is 8.43. The van der Waals surface area contributed by atoms with E-state index in [-0.39, 0.29) is 5.97 Å². The van der Waals surface area contributed by atoms with Gasteiger partial charge in [-0.25, -0.2) is 4.79 Å². The summed E-state index contributed by atoms with van der Waals surface area (Å²) in [7, 11) is 4.12. The lowest BCUT2D eigenvalue weighted by Crippen LogP contribution is -2.15. The predicted molar refractivity (Wildman–Crippen MR) is 83.1 cm³/mol. The number of nitrogens with one attached hydrogen (secondary N) is 1. The Morgan fingerprint density at radius 2 is 2.10 bits per heavy atom. The van der Waals surface area contributed by atoms with Gasteiger partial charge in [-0.15, -0.1) is 0 Å². The van der Waals surface area contributed by atoms with Crippen LogP contribution in [-0.2, 0) is 4.74 Å². The third-order valence-corrected chi connectivity index (χ3v) is 2.89. The van der Waals surface area contributed by atoms with Crippen molar-refractivity contribution in [1.29, 1.82) is 0 Å². The Morgan fingerprint density at radius 3 is 2.75 bits per heavy atom. The van der Waals surface area contributed by atoms with Crippen molar-refractivity contribution in [3.8, 4) is 0 Å². The van der Waals surface area contributed by atoms with Crippen molar-refractivity contribution >= 4 is 17.3 Å². The van der Waals surface area contributed by atoms with Crippen LogP contribution in [0.25, 0.3) is 0 Å². The summed E-state index contributed by atoms with van der Waals surface area (Å²) >= 11 is 0. The molecule has 3 N–H and O–H groups in total. The van der Waals surface area contributed by atoms with Crippen LogP contribution in [0.15, 0.2) is 18.2 Å². The van der Waals surface area contributed by atoms with Gasteiger partial charge < -0.3 is 20.7 Å². The number of nitrogen functional groups attached to an aromatic ring is 1. The molecule has 0 saturated heterocycles. The van der Waals surface area contributed by atoms with Crippen LogP contribution in [0.5, 0.6) is 0 Å². The molecule has 1 aromatic rings. The number of hydrogen-bond acceptors (Lipinski definition) is 5. The fraction of sp³-hybridized carbons (Fsp3) is 0.533. The van der Waals surface area contributed by atoms with E-state index >= 15 is 0 Å². The zero-order valence-electron chi connectivity index (χ0n) is 12.6. The van der Waals surface area contributed by atoms with E-state index in [1.807, 2.05) is 6.07 Å². The summed E-state index contributed by atoms with van der Waals surface area (Å²) in [6.45, 7) is 4.03. The first kappa shape index (κ1) is 16.3. The molecule has 5 nitrogen and oxygen atoms in total. The van der Waals surface area contributed by atoms with Gasteiger partial charge in [0, 0.05) is 17.9 Å². The van der Waals surface area contributed by atoms with Crippen molar-refractivity contribution in [2.45, 2.75) is 19.8 Å². The molecule has 5 heteroatoms. The number of anilines is 2. The molecule has 0 bridgehead atoms. The second-order valence-electron chi connectivity index (χ2n) is 4.96. The molecule has 0 aliphatic heterocycles. The average Bonchev–Trinajstić information content (AvgIpc) is 2.39. The first-order valence-electron chi connectivity index (χ1n) is 6.99. The SMILES string of the molecule is CCOC(=O)c1cc(N)ccc1NCCCCN(C)C. The van der Waals surface area contributed by atoms with Crippen molar-refractivity contribution in [3.05, 3.63) is 23.8 Å². The molecule has 0 unspecified atom stereocenters. The Morgan fingerprint density at radius 1 is 1.35 bits per heavy atom. The molecule has 20 heavy (non-hydrogen) atoms. The molecule has 0 aliphatic rings. The van der Waals surface area contributed by atoms with Crippen LogP contribution >= 0.6 is 0 Å². The number of rotatable bonds is 8. The van der Waals surface area contributed by atoms with Crippen molar-refractivity contribution in [3.63, 3.8) is 0 Å². The maximum Gasteiger partial charge on any atom is 0.340 e. The van der Waals surface area contributed by atoms with Gasteiger partial charge in [0.2, 0.25) is 0 Å². The Kier molecular flexibility index (Phi) is 6.87. The molecule has 1 rings (SSSR count). The molecule has 0 spiro atoms. The third kappa shape index (κ3) is 5.48. The number of carbonyl (C=O) groups is 1. The van der Waals surface area contributed by atoms with Crippen LogP contribution in [0.3, 0.4) is 0 Å². The van der Waals surface area contributed by atoms with Gasteiger partial charge in [0.05, 0.1) is 12.2 Å².